The van der Waals surface area contributed by atoms with Gasteiger partial charge in [-0.25, -0.2) is 4.98 Å². The molecule has 38 heavy (non-hydrogen) atoms. The molecule has 3 aromatic rings. The minimum atomic E-state index is -4.67. The lowest BCUT2D eigenvalue weighted by Crippen LogP contribution is -2.38. The van der Waals surface area contributed by atoms with E-state index in [0.29, 0.717) is 43.4 Å². The van der Waals surface area contributed by atoms with Gasteiger partial charge < -0.3 is 19.7 Å². The number of ether oxygens (including phenoxy) is 2. The van der Waals surface area contributed by atoms with Crippen molar-refractivity contribution in [2.45, 2.75) is 69.7 Å². The minimum Gasteiger partial charge on any atom is -0.374 e. The summed E-state index contributed by atoms with van der Waals surface area (Å²) in [5.74, 6) is 0.215. The van der Waals surface area contributed by atoms with E-state index in [9.17, 15) is 22.0 Å². The number of hydrogen-bond donors (Lipinski definition) is 1. The van der Waals surface area contributed by atoms with Crippen LogP contribution in [0.1, 0.15) is 54.7 Å². The van der Waals surface area contributed by atoms with Crippen molar-refractivity contribution in [1.29, 1.82) is 0 Å². The lowest BCUT2D eigenvalue weighted by Gasteiger charge is -2.31. The summed E-state index contributed by atoms with van der Waals surface area (Å²) >= 11 is 0. The Morgan fingerprint density at radius 1 is 1.13 bits per heavy atom. The molecule has 0 radical (unpaired) electrons. The number of aromatic nitrogens is 3. The standard InChI is InChI=1S/C26H26F5N5O2/c1-13(15-4-3-5-16(8-15)26(30,31)38-18-6-7-18)32-24-20-10-21(36-11-19-9-17(36)12-37-19)23(25(27,28)29)33-22(20)14(2)34-35-24/h3-5,8,10,13,17-19H,6-7,9,11-12H2,1-2H3,(H,32,35)/t13-,17?,19?/m1/s1. The van der Waals surface area contributed by atoms with E-state index in [1.54, 1.807) is 24.8 Å². The van der Waals surface area contributed by atoms with E-state index in [1.807, 2.05) is 0 Å². The average Bonchev–Trinajstić information content (AvgIpc) is 3.41. The van der Waals surface area contributed by atoms with Crippen molar-refractivity contribution in [3.8, 4) is 0 Å². The van der Waals surface area contributed by atoms with Crippen LogP contribution in [-0.4, -0.2) is 46.6 Å². The van der Waals surface area contributed by atoms with E-state index in [2.05, 4.69) is 20.5 Å². The smallest absolute Gasteiger partial charge is 0.374 e. The summed E-state index contributed by atoms with van der Waals surface area (Å²) in [6.45, 7) is 4.01. The summed E-state index contributed by atoms with van der Waals surface area (Å²) < 4.78 is 82.0. The Morgan fingerprint density at radius 2 is 1.92 bits per heavy atom. The quantitative estimate of drug-likeness (QED) is 0.388. The molecule has 2 saturated heterocycles. The van der Waals surface area contributed by atoms with E-state index in [1.165, 1.54) is 24.3 Å². The number of fused-ring (bicyclic) bond motifs is 3. The molecule has 2 bridgehead atoms. The summed E-state index contributed by atoms with van der Waals surface area (Å²) in [6.07, 6.45) is -6.73. The predicted octanol–water partition coefficient (Wildman–Crippen LogP) is 5.73. The molecule has 2 aromatic heterocycles. The number of pyridine rings is 1. The van der Waals surface area contributed by atoms with Gasteiger partial charge in [-0.3, -0.25) is 0 Å². The number of alkyl halides is 5. The summed E-state index contributed by atoms with van der Waals surface area (Å²) in [5.41, 5.74) is -0.405. The molecule has 202 valence electrons. The highest BCUT2D eigenvalue weighted by Gasteiger charge is 2.45. The zero-order valence-corrected chi connectivity index (χ0v) is 20.7. The summed E-state index contributed by atoms with van der Waals surface area (Å²) in [6, 6.07) is 6.65. The van der Waals surface area contributed by atoms with Gasteiger partial charge in [-0.05, 0) is 50.8 Å². The third-order valence-corrected chi connectivity index (χ3v) is 7.29. The first-order valence-electron chi connectivity index (χ1n) is 12.6. The fraction of sp³-hybridized carbons (Fsp3) is 0.500. The van der Waals surface area contributed by atoms with Crippen molar-refractivity contribution in [2.24, 2.45) is 0 Å². The van der Waals surface area contributed by atoms with Gasteiger partial charge in [-0.1, -0.05) is 18.2 Å². The molecular weight excluding hydrogens is 509 g/mol. The monoisotopic (exact) mass is 535 g/mol. The molecule has 7 nitrogen and oxygen atoms in total. The van der Waals surface area contributed by atoms with Crippen LogP contribution >= 0.6 is 0 Å². The minimum absolute atomic E-state index is 0.0252. The average molecular weight is 536 g/mol. The van der Waals surface area contributed by atoms with Crippen LogP contribution in [0, 0.1) is 6.92 Å². The van der Waals surface area contributed by atoms with Crippen molar-refractivity contribution < 1.29 is 31.4 Å². The van der Waals surface area contributed by atoms with Gasteiger partial charge in [0.1, 0.15) is 0 Å². The lowest BCUT2D eigenvalue weighted by molar-refractivity contribution is -0.255. The molecule has 1 N–H and O–H groups in total. The molecule has 2 aliphatic heterocycles. The maximum atomic E-state index is 14.6. The van der Waals surface area contributed by atoms with E-state index >= 15 is 0 Å². The van der Waals surface area contributed by atoms with Gasteiger partial charge in [0, 0.05) is 11.9 Å². The third kappa shape index (κ3) is 4.64. The van der Waals surface area contributed by atoms with E-state index in [0.717, 1.165) is 0 Å². The number of morpholine rings is 1. The Bertz CT molecular complexity index is 1380. The first-order chi connectivity index (χ1) is 18.0. The number of rotatable bonds is 7. The maximum Gasteiger partial charge on any atom is 0.435 e. The normalized spacial score (nSPS) is 22.3. The highest BCUT2D eigenvalue weighted by Crippen LogP contribution is 2.43. The lowest BCUT2D eigenvalue weighted by atomic mass is 10.0. The van der Waals surface area contributed by atoms with E-state index < -0.39 is 30.1 Å². The Morgan fingerprint density at radius 3 is 2.58 bits per heavy atom. The number of nitrogens with one attached hydrogen (secondary N) is 1. The molecule has 1 aliphatic carbocycles. The number of halogens is 5. The second-order valence-electron chi connectivity index (χ2n) is 10.2. The molecule has 0 spiro atoms. The zero-order chi connectivity index (χ0) is 26.8. The topological polar surface area (TPSA) is 72.4 Å². The van der Waals surface area contributed by atoms with E-state index in [4.69, 9.17) is 9.47 Å². The van der Waals surface area contributed by atoms with Gasteiger partial charge in [-0.15, -0.1) is 5.10 Å². The number of benzene rings is 1. The van der Waals surface area contributed by atoms with Crippen LogP contribution in [-0.2, 0) is 21.8 Å². The van der Waals surface area contributed by atoms with Crippen LogP contribution in [0.5, 0.6) is 0 Å². The number of nitrogens with zero attached hydrogens (tertiary/aromatic N) is 4. The molecule has 1 aromatic carbocycles. The van der Waals surface area contributed by atoms with Crippen molar-refractivity contribution in [3.05, 3.63) is 52.8 Å². The summed E-state index contributed by atoms with van der Waals surface area (Å²) in [7, 11) is 0. The van der Waals surface area contributed by atoms with Gasteiger partial charge in [0.05, 0.1) is 53.4 Å². The van der Waals surface area contributed by atoms with Crippen molar-refractivity contribution in [2.75, 3.05) is 23.4 Å². The highest BCUT2D eigenvalue weighted by molar-refractivity contribution is 5.93. The molecule has 1 saturated carbocycles. The van der Waals surface area contributed by atoms with Crippen LogP contribution in [0.25, 0.3) is 10.9 Å². The van der Waals surface area contributed by atoms with Gasteiger partial charge in [-0.2, -0.15) is 27.1 Å². The van der Waals surface area contributed by atoms with Crippen LogP contribution in [0.15, 0.2) is 30.3 Å². The van der Waals surface area contributed by atoms with Gasteiger partial charge >= 0.3 is 12.3 Å². The predicted molar refractivity (Wildman–Crippen MR) is 129 cm³/mol. The number of hydrogen-bond acceptors (Lipinski definition) is 7. The second-order valence-corrected chi connectivity index (χ2v) is 10.2. The van der Waals surface area contributed by atoms with E-state index in [-0.39, 0.29) is 40.4 Å². The number of anilines is 2. The van der Waals surface area contributed by atoms with Crippen LogP contribution < -0.4 is 10.2 Å². The Kier molecular flexibility index (Phi) is 5.95. The summed E-state index contributed by atoms with van der Waals surface area (Å²) in [5, 5.41) is 11.7. The molecule has 2 unspecified atom stereocenters. The SMILES string of the molecule is Cc1nnc(N[C@H](C)c2cccc(C(F)(F)OC3CC3)c2)c2cc(N3CC4CC3CO4)c(C(F)(F)F)nc12. The largest absolute Gasteiger partial charge is 0.435 e. The van der Waals surface area contributed by atoms with Crippen LogP contribution in [0.4, 0.5) is 33.5 Å². The molecular formula is C26H26F5N5O2. The second kappa shape index (κ2) is 8.98. The first kappa shape index (κ1) is 25.2. The Hall–Kier alpha value is -3.12. The maximum absolute atomic E-state index is 14.6. The van der Waals surface area contributed by atoms with Crippen molar-refractivity contribution >= 4 is 22.4 Å². The van der Waals surface area contributed by atoms with Crippen molar-refractivity contribution in [3.63, 3.8) is 0 Å². The van der Waals surface area contributed by atoms with Gasteiger partial charge in [0.15, 0.2) is 11.5 Å². The summed E-state index contributed by atoms with van der Waals surface area (Å²) in [4.78, 5) is 5.74. The van der Waals surface area contributed by atoms with Gasteiger partial charge in [0.2, 0.25) is 0 Å². The van der Waals surface area contributed by atoms with Gasteiger partial charge in [0.25, 0.3) is 0 Å². The molecule has 3 aliphatic rings. The fourth-order valence-corrected chi connectivity index (χ4v) is 5.15. The zero-order valence-electron chi connectivity index (χ0n) is 20.7. The first-order valence-corrected chi connectivity index (χ1v) is 12.6. The Labute approximate surface area is 215 Å². The molecule has 0 amide bonds. The molecule has 3 atom stereocenters. The third-order valence-electron chi connectivity index (χ3n) is 7.29. The molecule has 3 fully saturated rings. The number of aryl methyl sites for hydroxylation is 1. The molecule has 6 rings (SSSR count). The van der Waals surface area contributed by atoms with Crippen LogP contribution in [0.2, 0.25) is 0 Å². The molecule has 12 heteroatoms. The highest BCUT2D eigenvalue weighted by atomic mass is 19.4. The molecule has 4 heterocycles. The van der Waals surface area contributed by atoms with Crippen molar-refractivity contribution in [1.82, 2.24) is 15.2 Å². The fourth-order valence-electron chi connectivity index (χ4n) is 5.15. The Balaban J connectivity index is 1.36. The van der Waals surface area contributed by atoms with Crippen LogP contribution in [0.3, 0.4) is 0 Å².